The highest BCUT2D eigenvalue weighted by Crippen LogP contribution is 2.19. The Bertz CT molecular complexity index is 578. The first-order valence-electron chi connectivity index (χ1n) is 7.48. The molecule has 0 saturated carbocycles. The monoisotopic (exact) mass is 283 g/mol. The van der Waals surface area contributed by atoms with Gasteiger partial charge in [-0.25, -0.2) is 0 Å². The van der Waals surface area contributed by atoms with Crippen molar-refractivity contribution in [3.63, 3.8) is 0 Å². The van der Waals surface area contributed by atoms with Gasteiger partial charge in [-0.2, -0.15) is 9.97 Å². The molecule has 0 bridgehead atoms. The van der Waals surface area contributed by atoms with E-state index in [0.717, 1.165) is 31.4 Å². The molecule has 21 heavy (non-hydrogen) atoms. The molecule has 3 rings (SSSR count). The first kappa shape index (κ1) is 13.7. The van der Waals surface area contributed by atoms with Crippen LogP contribution in [0.1, 0.15) is 24.8 Å². The number of rotatable bonds is 4. The smallest absolute Gasteiger partial charge is 0.229 e. The van der Waals surface area contributed by atoms with Crippen LogP contribution in [-0.4, -0.2) is 23.1 Å². The topological polar surface area (TPSA) is 67.1 Å². The predicted octanol–water partition coefficient (Wildman–Crippen LogP) is 2.66. The number of nitrogens with one attached hydrogen (secondary N) is 1. The molecule has 5 heteroatoms. The van der Waals surface area contributed by atoms with Crippen LogP contribution < -0.4 is 16.0 Å². The summed E-state index contributed by atoms with van der Waals surface area (Å²) in [7, 11) is 0. The summed E-state index contributed by atoms with van der Waals surface area (Å²) in [5.74, 6) is 2.04. The fourth-order valence-corrected chi connectivity index (χ4v) is 2.57. The number of hydrogen-bond acceptors (Lipinski definition) is 5. The second-order valence-electron chi connectivity index (χ2n) is 5.36. The summed E-state index contributed by atoms with van der Waals surface area (Å²) in [6.45, 7) is 2.76. The van der Waals surface area contributed by atoms with Crippen LogP contribution in [-0.2, 0) is 6.54 Å². The van der Waals surface area contributed by atoms with Crippen molar-refractivity contribution in [2.75, 3.05) is 29.0 Å². The summed E-state index contributed by atoms with van der Waals surface area (Å²) in [6, 6.07) is 12.0. The Morgan fingerprint density at radius 1 is 1.05 bits per heavy atom. The van der Waals surface area contributed by atoms with Gasteiger partial charge in [-0.05, 0) is 24.8 Å². The fraction of sp³-hybridized carbons (Fsp3) is 0.375. The van der Waals surface area contributed by atoms with E-state index >= 15 is 0 Å². The van der Waals surface area contributed by atoms with E-state index in [9.17, 15) is 0 Å². The van der Waals surface area contributed by atoms with E-state index < -0.39 is 0 Å². The van der Waals surface area contributed by atoms with E-state index in [1.807, 2.05) is 18.2 Å². The van der Waals surface area contributed by atoms with Gasteiger partial charge in [0.05, 0.1) is 0 Å². The van der Waals surface area contributed by atoms with Crippen molar-refractivity contribution in [3.05, 3.63) is 42.0 Å². The zero-order valence-electron chi connectivity index (χ0n) is 12.1. The number of anilines is 3. The van der Waals surface area contributed by atoms with Gasteiger partial charge in [0.15, 0.2) is 0 Å². The average Bonchev–Trinajstić information content (AvgIpc) is 2.54. The lowest BCUT2D eigenvalue weighted by atomic mass is 10.1. The van der Waals surface area contributed by atoms with E-state index in [2.05, 4.69) is 32.3 Å². The van der Waals surface area contributed by atoms with Crippen molar-refractivity contribution in [2.24, 2.45) is 0 Å². The average molecular weight is 283 g/mol. The van der Waals surface area contributed by atoms with Crippen LogP contribution in [0, 0.1) is 0 Å². The SMILES string of the molecule is Nc1cc(NCc2ccccc2)nc(N2CCCCC2)n1. The zero-order valence-corrected chi connectivity index (χ0v) is 12.1. The van der Waals surface area contributed by atoms with Gasteiger partial charge in [-0.15, -0.1) is 0 Å². The molecular weight excluding hydrogens is 262 g/mol. The summed E-state index contributed by atoms with van der Waals surface area (Å²) in [5.41, 5.74) is 7.13. The molecule has 110 valence electrons. The largest absolute Gasteiger partial charge is 0.383 e. The molecule has 1 aromatic carbocycles. The Morgan fingerprint density at radius 2 is 1.81 bits per heavy atom. The van der Waals surface area contributed by atoms with Crippen LogP contribution >= 0.6 is 0 Å². The molecule has 5 nitrogen and oxygen atoms in total. The Kier molecular flexibility index (Phi) is 4.19. The third-order valence-corrected chi connectivity index (χ3v) is 3.69. The van der Waals surface area contributed by atoms with E-state index in [0.29, 0.717) is 5.82 Å². The summed E-state index contributed by atoms with van der Waals surface area (Å²) in [5, 5.41) is 3.32. The van der Waals surface area contributed by atoms with Gasteiger partial charge < -0.3 is 16.0 Å². The lowest BCUT2D eigenvalue weighted by molar-refractivity contribution is 0.568. The first-order valence-corrected chi connectivity index (χ1v) is 7.48. The van der Waals surface area contributed by atoms with Crippen molar-refractivity contribution >= 4 is 17.6 Å². The van der Waals surface area contributed by atoms with Crippen LogP contribution in [0.4, 0.5) is 17.6 Å². The highest BCUT2D eigenvalue weighted by Gasteiger charge is 2.14. The molecule has 3 N–H and O–H groups in total. The number of aromatic nitrogens is 2. The molecule has 0 spiro atoms. The summed E-state index contributed by atoms with van der Waals surface area (Å²) < 4.78 is 0. The lowest BCUT2D eigenvalue weighted by Crippen LogP contribution is -2.31. The van der Waals surface area contributed by atoms with Gasteiger partial charge in [0.1, 0.15) is 11.6 Å². The summed E-state index contributed by atoms with van der Waals surface area (Å²) in [4.78, 5) is 11.2. The molecule has 0 aliphatic carbocycles. The fourth-order valence-electron chi connectivity index (χ4n) is 2.57. The Morgan fingerprint density at radius 3 is 2.57 bits per heavy atom. The molecule has 1 fully saturated rings. The number of nitrogen functional groups attached to an aromatic ring is 1. The van der Waals surface area contributed by atoms with Crippen LogP contribution in [0.15, 0.2) is 36.4 Å². The molecule has 0 unspecified atom stereocenters. The third kappa shape index (κ3) is 3.62. The second-order valence-corrected chi connectivity index (χ2v) is 5.36. The van der Waals surface area contributed by atoms with E-state index in [-0.39, 0.29) is 0 Å². The summed E-state index contributed by atoms with van der Waals surface area (Å²) >= 11 is 0. The van der Waals surface area contributed by atoms with Crippen LogP contribution in [0.25, 0.3) is 0 Å². The minimum atomic E-state index is 0.515. The molecule has 2 heterocycles. The highest BCUT2D eigenvalue weighted by atomic mass is 15.3. The van der Waals surface area contributed by atoms with Crippen LogP contribution in [0.5, 0.6) is 0 Å². The van der Waals surface area contributed by atoms with Gasteiger partial charge >= 0.3 is 0 Å². The maximum absolute atomic E-state index is 5.92. The van der Waals surface area contributed by atoms with Gasteiger partial charge in [-0.3, -0.25) is 0 Å². The number of nitrogens with zero attached hydrogens (tertiary/aromatic N) is 3. The molecule has 0 amide bonds. The lowest BCUT2D eigenvalue weighted by Gasteiger charge is -2.27. The van der Waals surface area contributed by atoms with Crippen molar-refractivity contribution in [2.45, 2.75) is 25.8 Å². The molecule has 1 aromatic heterocycles. The summed E-state index contributed by atoms with van der Waals surface area (Å²) in [6.07, 6.45) is 3.69. The minimum Gasteiger partial charge on any atom is -0.383 e. The van der Waals surface area contributed by atoms with E-state index in [4.69, 9.17) is 5.73 Å². The third-order valence-electron chi connectivity index (χ3n) is 3.69. The molecular formula is C16H21N5. The van der Waals surface area contributed by atoms with Crippen LogP contribution in [0.3, 0.4) is 0 Å². The Hall–Kier alpha value is -2.30. The molecule has 0 radical (unpaired) electrons. The van der Waals surface area contributed by atoms with Gasteiger partial charge in [0, 0.05) is 25.7 Å². The van der Waals surface area contributed by atoms with E-state index in [1.165, 1.54) is 24.8 Å². The zero-order chi connectivity index (χ0) is 14.5. The molecule has 1 aliphatic rings. The quantitative estimate of drug-likeness (QED) is 0.903. The number of benzene rings is 1. The second kappa shape index (κ2) is 6.43. The predicted molar refractivity (Wildman–Crippen MR) is 86.3 cm³/mol. The van der Waals surface area contributed by atoms with Crippen molar-refractivity contribution in [1.82, 2.24) is 9.97 Å². The highest BCUT2D eigenvalue weighted by molar-refractivity contribution is 5.51. The molecule has 0 atom stereocenters. The standard InChI is InChI=1S/C16H21N5/c17-14-11-15(18-12-13-7-3-1-4-8-13)20-16(19-14)21-9-5-2-6-10-21/h1,3-4,7-8,11H,2,5-6,9-10,12H2,(H3,17,18,19,20). The maximum Gasteiger partial charge on any atom is 0.229 e. The maximum atomic E-state index is 5.92. The number of piperidine rings is 1. The van der Waals surface area contributed by atoms with Crippen molar-refractivity contribution in [1.29, 1.82) is 0 Å². The van der Waals surface area contributed by atoms with Gasteiger partial charge in [-0.1, -0.05) is 30.3 Å². The van der Waals surface area contributed by atoms with Crippen LogP contribution in [0.2, 0.25) is 0 Å². The van der Waals surface area contributed by atoms with Gasteiger partial charge in [0.25, 0.3) is 0 Å². The first-order chi connectivity index (χ1) is 10.3. The Balaban J connectivity index is 1.71. The molecule has 1 aliphatic heterocycles. The van der Waals surface area contributed by atoms with Crippen molar-refractivity contribution < 1.29 is 0 Å². The Labute approximate surface area is 125 Å². The number of nitrogens with two attached hydrogens (primary N) is 1. The van der Waals surface area contributed by atoms with Gasteiger partial charge in [0.2, 0.25) is 5.95 Å². The molecule has 2 aromatic rings. The number of hydrogen-bond donors (Lipinski definition) is 2. The minimum absolute atomic E-state index is 0.515. The van der Waals surface area contributed by atoms with Crippen molar-refractivity contribution in [3.8, 4) is 0 Å². The normalized spacial score (nSPS) is 15.0. The molecule has 1 saturated heterocycles. The van der Waals surface area contributed by atoms with E-state index in [1.54, 1.807) is 6.07 Å².